The van der Waals surface area contributed by atoms with E-state index in [2.05, 4.69) is 0 Å². The van der Waals surface area contributed by atoms with Crippen molar-refractivity contribution in [3.63, 3.8) is 0 Å². The SMILES string of the molecule is O=C1C2C3=C(CCCC3)C1C13CCCCC1=CC(=O)C23. The average Bonchev–Trinajstić information content (AvgIpc) is 3.00. The lowest BCUT2D eigenvalue weighted by molar-refractivity contribution is -0.124. The Morgan fingerprint density at radius 2 is 1.70 bits per heavy atom. The van der Waals surface area contributed by atoms with Gasteiger partial charge in [-0.05, 0) is 51.0 Å². The Morgan fingerprint density at radius 1 is 0.950 bits per heavy atom. The van der Waals surface area contributed by atoms with Crippen LogP contribution >= 0.6 is 0 Å². The number of hydrogen-bond donors (Lipinski definition) is 0. The van der Waals surface area contributed by atoms with Crippen molar-refractivity contribution in [2.24, 2.45) is 23.2 Å². The topological polar surface area (TPSA) is 34.1 Å². The molecule has 0 radical (unpaired) electrons. The van der Waals surface area contributed by atoms with Gasteiger partial charge in [0, 0.05) is 17.3 Å². The van der Waals surface area contributed by atoms with Gasteiger partial charge in [-0.1, -0.05) is 23.1 Å². The van der Waals surface area contributed by atoms with Crippen LogP contribution in [0.15, 0.2) is 22.8 Å². The lowest BCUT2D eigenvalue weighted by Gasteiger charge is -2.45. The van der Waals surface area contributed by atoms with Gasteiger partial charge in [0.15, 0.2) is 5.78 Å². The van der Waals surface area contributed by atoms with E-state index in [1.54, 1.807) is 0 Å². The fourth-order valence-corrected chi connectivity index (χ4v) is 6.26. The number of Topliss-reactive ketones (excluding diaryl/α,β-unsaturated/α-hetero) is 1. The first kappa shape index (κ1) is 11.5. The van der Waals surface area contributed by atoms with Crippen molar-refractivity contribution >= 4 is 11.6 Å². The normalized spacial score (nSPS) is 45.4. The zero-order chi connectivity index (χ0) is 13.5. The lowest BCUT2D eigenvalue weighted by atomic mass is 9.57. The van der Waals surface area contributed by atoms with Crippen molar-refractivity contribution in [2.45, 2.75) is 51.4 Å². The highest BCUT2D eigenvalue weighted by Crippen LogP contribution is 2.70. The monoisotopic (exact) mass is 268 g/mol. The predicted molar refractivity (Wildman–Crippen MR) is 75.0 cm³/mol. The molecule has 2 heteroatoms. The van der Waals surface area contributed by atoms with Crippen LogP contribution in [0, 0.1) is 23.2 Å². The molecule has 0 aromatic heterocycles. The second-order valence-electron chi connectivity index (χ2n) is 7.37. The molecule has 1 spiro atoms. The van der Waals surface area contributed by atoms with Gasteiger partial charge in [-0.2, -0.15) is 0 Å². The maximum absolute atomic E-state index is 12.9. The van der Waals surface area contributed by atoms with Crippen molar-refractivity contribution in [2.75, 3.05) is 0 Å². The third-order valence-corrected chi connectivity index (χ3v) is 6.78. The van der Waals surface area contributed by atoms with Gasteiger partial charge in [-0.15, -0.1) is 0 Å². The summed E-state index contributed by atoms with van der Waals surface area (Å²) < 4.78 is 0. The molecule has 0 aromatic carbocycles. The molecule has 5 aliphatic rings. The minimum atomic E-state index is -0.0484. The number of hydrogen-bond acceptors (Lipinski definition) is 2. The number of ketones is 2. The molecule has 20 heavy (non-hydrogen) atoms. The Hall–Kier alpha value is -1.18. The maximum atomic E-state index is 12.9. The fraction of sp³-hybridized carbons (Fsp3) is 0.667. The van der Waals surface area contributed by atoms with Crippen LogP contribution in [-0.2, 0) is 9.59 Å². The summed E-state index contributed by atoms with van der Waals surface area (Å²) >= 11 is 0. The summed E-state index contributed by atoms with van der Waals surface area (Å²) in [6.07, 6.45) is 11.1. The van der Waals surface area contributed by atoms with Crippen LogP contribution in [0.5, 0.6) is 0 Å². The van der Waals surface area contributed by atoms with Crippen LogP contribution in [0.3, 0.4) is 0 Å². The number of fused-ring (bicyclic) bond motifs is 5. The number of rotatable bonds is 0. The first-order chi connectivity index (χ1) is 9.75. The molecule has 0 saturated heterocycles. The molecular formula is C18H20O2. The fourth-order valence-electron chi connectivity index (χ4n) is 6.26. The molecule has 0 N–H and O–H groups in total. The summed E-state index contributed by atoms with van der Waals surface area (Å²) in [5.74, 6) is 0.787. The number of carbonyl (C=O) groups excluding carboxylic acids is 2. The molecule has 0 aromatic rings. The van der Waals surface area contributed by atoms with Gasteiger partial charge in [0.2, 0.25) is 0 Å². The van der Waals surface area contributed by atoms with E-state index < -0.39 is 0 Å². The highest BCUT2D eigenvalue weighted by atomic mass is 16.1. The van der Waals surface area contributed by atoms with Gasteiger partial charge in [0.05, 0.1) is 5.92 Å². The van der Waals surface area contributed by atoms with E-state index >= 15 is 0 Å². The molecule has 0 heterocycles. The van der Waals surface area contributed by atoms with Crippen molar-refractivity contribution in [3.05, 3.63) is 22.8 Å². The average molecular weight is 268 g/mol. The molecule has 0 amide bonds. The van der Waals surface area contributed by atoms with Gasteiger partial charge in [0.25, 0.3) is 0 Å². The van der Waals surface area contributed by atoms with E-state index in [4.69, 9.17) is 0 Å². The number of allylic oxidation sites excluding steroid dienone is 4. The molecule has 4 unspecified atom stereocenters. The quantitative estimate of drug-likeness (QED) is 0.631. The molecule has 5 aliphatic carbocycles. The van der Waals surface area contributed by atoms with Gasteiger partial charge >= 0.3 is 0 Å². The minimum absolute atomic E-state index is 0.00662. The van der Waals surface area contributed by atoms with Crippen LogP contribution in [-0.4, -0.2) is 11.6 Å². The largest absolute Gasteiger partial charge is 0.298 e. The van der Waals surface area contributed by atoms with Crippen molar-refractivity contribution in [1.82, 2.24) is 0 Å². The highest BCUT2D eigenvalue weighted by molar-refractivity contribution is 6.08. The summed E-state index contributed by atoms with van der Waals surface area (Å²) in [4.78, 5) is 25.5. The van der Waals surface area contributed by atoms with Gasteiger partial charge in [-0.3, -0.25) is 9.59 Å². The summed E-state index contributed by atoms with van der Waals surface area (Å²) in [5, 5.41) is 0. The maximum Gasteiger partial charge on any atom is 0.160 e. The molecule has 2 saturated carbocycles. The molecular weight excluding hydrogens is 248 g/mol. The Bertz CT molecular complexity index is 609. The van der Waals surface area contributed by atoms with Gasteiger partial charge in [-0.25, -0.2) is 0 Å². The van der Waals surface area contributed by atoms with Gasteiger partial charge in [0.1, 0.15) is 5.78 Å². The molecule has 4 atom stereocenters. The second-order valence-corrected chi connectivity index (χ2v) is 7.37. The first-order valence-corrected chi connectivity index (χ1v) is 8.25. The smallest absolute Gasteiger partial charge is 0.160 e. The van der Waals surface area contributed by atoms with E-state index in [0.717, 1.165) is 25.7 Å². The Morgan fingerprint density at radius 3 is 2.55 bits per heavy atom. The van der Waals surface area contributed by atoms with Crippen LogP contribution in [0.4, 0.5) is 0 Å². The molecule has 0 aliphatic heterocycles. The van der Waals surface area contributed by atoms with Crippen LogP contribution < -0.4 is 0 Å². The zero-order valence-electron chi connectivity index (χ0n) is 11.8. The van der Waals surface area contributed by atoms with E-state index in [9.17, 15) is 9.59 Å². The van der Waals surface area contributed by atoms with Gasteiger partial charge < -0.3 is 0 Å². The van der Waals surface area contributed by atoms with Crippen molar-refractivity contribution in [3.8, 4) is 0 Å². The van der Waals surface area contributed by atoms with E-state index in [-0.39, 0.29) is 29.0 Å². The minimum Gasteiger partial charge on any atom is -0.298 e. The Balaban J connectivity index is 1.74. The second kappa shape index (κ2) is 3.52. The standard InChI is InChI=1S/C18H20O2/c19-13-9-10-5-3-4-8-18(10)15-12-7-2-1-6-11(12)14(16(13)18)17(15)20/h9,14-16H,1-8H2. The summed E-state index contributed by atoms with van der Waals surface area (Å²) in [6.45, 7) is 0. The van der Waals surface area contributed by atoms with E-state index in [1.807, 2.05) is 6.08 Å². The molecule has 5 rings (SSSR count). The van der Waals surface area contributed by atoms with Crippen molar-refractivity contribution < 1.29 is 9.59 Å². The number of carbonyl (C=O) groups is 2. The molecule has 2 bridgehead atoms. The molecule has 2 fully saturated rings. The van der Waals surface area contributed by atoms with Crippen LogP contribution in [0.2, 0.25) is 0 Å². The zero-order valence-corrected chi connectivity index (χ0v) is 11.8. The highest BCUT2D eigenvalue weighted by Gasteiger charge is 2.70. The lowest BCUT2D eigenvalue weighted by Crippen LogP contribution is -2.40. The molecule has 104 valence electrons. The first-order valence-electron chi connectivity index (χ1n) is 8.25. The molecule has 2 nitrogen and oxygen atoms in total. The summed E-state index contributed by atoms with van der Waals surface area (Å²) in [7, 11) is 0. The Labute approximate surface area is 119 Å². The van der Waals surface area contributed by atoms with E-state index in [1.165, 1.54) is 42.4 Å². The van der Waals surface area contributed by atoms with Crippen LogP contribution in [0.1, 0.15) is 51.4 Å². The van der Waals surface area contributed by atoms with Crippen LogP contribution in [0.25, 0.3) is 0 Å². The predicted octanol–water partition coefficient (Wildman–Crippen LogP) is 3.37. The third-order valence-electron chi connectivity index (χ3n) is 6.78. The van der Waals surface area contributed by atoms with E-state index in [0.29, 0.717) is 5.78 Å². The third kappa shape index (κ3) is 1.03. The summed E-state index contributed by atoms with van der Waals surface area (Å²) in [5.41, 5.74) is 4.17. The summed E-state index contributed by atoms with van der Waals surface area (Å²) in [6, 6.07) is 0. The Kier molecular flexibility index (Phi) is 2.02. The van der Waals surface area contributed by atoms with Crippen molar-refractivity contribution in [1.29, 1.82) is 0 Å².